The van der Waals surface area contributed by atoms with E-state index >= 15 is 0 Å². The summed E-state index contributed by atoms with van der Waals surface area (Å²) in [4.78, 5) is 12.1. The van der Waals surface area contributed by atoms with Crippen molar-refractivity contribution in [3.8, 4) is 11.5 Å². The van der Waals surface area contributed by atoms with Gasteiger partial charge in [0.05, 0.1) is 18.6 Å². The SMILES string of the molecule is FC(F)(F)Oc1ccc(ON2CCN(c3cscn3)CC2)cc1. The van der Waals surface area contributed by atoms with Crippen molar-refractivity contribution in [2.75, 3.05) is 31.1 Å². The van der Waals surface area contributed by atoms with Gasteiger partial charge in [-0.1, -0.05) is 0 Å². The van der Waals surface area contributed by atoms with Crippen molar-refractivity contribution >= 4 is 17.2 Å². The van der Waals surface area contributed by atoms with E-state index in [0.29, 0.717) is 18.8 Å². The van der Waals surface area contributed by atoms with Gasteiger partial charge in [-0.05, 0) is 24.3 Å². The van der Waals surface area contributed by atoms with Crippen molar-refractivity contribution in [3.63, 3.8) is 0 Å². The van der Waals surface area contributed by atoms with Gasteiger partial charge in [0.15, 0.2) is 0 Å². The highest BCUT2D eigenvalue weighted by Gasteiger charge is 2.31. The van der Waals surface area contributed by atoms with Crippen molar-refractivity contribution in [3.05, 3.63) is 35.2 Å². The predicted molar refractivity (Wildman–Crippen MR) is 79.7 cm³/mol. The lowest BCUT2D eigenvalue weighted by Crippen LogP contribution is -2.47. The third-order valence-corrected chi connectivity index (χ3v) is 3.85. The van der Waals surface area contributed by atoms with E-state index < -0.39 is 6.36 Å². The number of ether oxygens (including phenoxy) is 1. The largest absolute Gasteiger partial charge is 0.573 e. The first-order valence-corrected chi connectivity index (χ1v) is 7.86. The van der Waals surface area contributed by atoms with Gasteiger partial charge in [-0.15, -0.1) is 29.6 Å². The highest BCUT2D eigenvalue weighted by atomic mass is 32.1. The van der Waals surface area contributed by atoms with Gasteiger partial charge in [0.1, 0.15) is 17.3 Å². The van der Waals surface area contributed by atoms with E-state index in [9.17, 15) is 13.2 Å². The van der Waals surface area contributed by atoms with Crippen LogP contribution in [-0.4, -0.2) is 42.6 Å². The van der Waals surface area contributed by atoms with Crippen LogP contribution in [0.5, 0.6) is 11.5 Å². The van der Waals surface area contributed by atoms with Crippen LogP contribution in [0.4, 0.5) is 19.0 Å². The molecule has 0 atom stereocenters. The molecule has 2 heterocycles. The molecule has 2 aromatic rings. The van der Waals surface area contributed by atoms with E-state index in [4.69, 9.17) is 4.84 Å². The minimum absolute atomic E-state index is 0.266. The van der Waals surface area contributed by atoms with Gasteiger partial charge >= 0.3 is 6.36 Å². The highest BCUT2D eigenvalue weighted by molar-refractivity contribution is 7.07. The molecule has 0 aliphatic carbocycles. The van der Waals surface area contributed by atoms with Crippen LogP contribution in [0.25, 0.3) is 0 Å². The van der Waals surface area contributed by atoms with Gasteiger partial charge < -0.3 is 14.5 Å². The molecule has 124 valence electrons. The number of anilines is 1. The molecule has 1 fully saturated rings. The molecule has 1 aromatic carbocycles. The molecule has 0 saturated carbocycles. The van der Waals surface area contributed by atoms with E-state index in [0.717, 1.165) is 18.9 Å². The lowest BCUT2D eigenvalue weighted by molar-refractivity contribution is -0.274. The first-order valence-electron chi connectivity index (χ1n) is 6.91. The summed E-state index contributed by atoms with van der Waals surface area (Å²) in [5.41, 5.74) is 1.79. The average molecular weight is 345 g/mol. The van der Waals surface area contributed by atoms with Crippen LogP contribution in [0.15, 0.2) is 35.2 Å². The van der Waals surface area contributed by atoms with Crippen molar-refractivity contribution < 1.29 is 22.7 Å². The normalized spacial score (nSPS) is 16.4. The van der Waals surface area contributed by atoms with Crippen molar-refractivity contribution in [1.82, 2.24) is 10.0 Å². The molecule has 0 radical (unpaired) electrons. The number of hydrogen-bond acceptors (Lipinski definition) is 6. The summed E-state index contributed by atoms with van der Waals surface area (Å²) >= 11 is 1.55. The topological polar surface area (TPSA) is 37.8 Å². The number of hydrogen-bond donors (Lipinski definition) is 0. The first kappa shape index (κ1) is 15.9. The summed E-state index contributed by atoms with van der Waals surface area (Å²) in [6, 6.07) is 5.37. The number of hydroxylamine groups is 2. The summed E-state index contributed by atoms with van der Waals surface area (Å²) in [6.07, 6.45) is -4.69. The van der Waals surface area contributed by atoms with E-state index in [1.165, 1.54) is 24.3 Å². The van der Waals surface area contributed by atoms with Crippen LogP contribution in [0.3, 0.4) is 0 Å². The zero-order chi connectivity index (χ0) is 16.3. The Morgan fingerprint density at radius 3 is 2.22 bits per heavy atom. The predicted octanol–water partition coefficient (Wildman–Crippen LogP) is 3.16. The first-order chi connectivity index (χ1) is 11.0. The van der Waals surface area contributed by atoms with Crippen molar-refractivity contribution in [2.45, 2.75) is 6.36 Å². The zero-order valence-electron chi connectivity index (χ0n) is 12.0. The molecule has 5 nitrogen and oxygen atoms in total. The minimum Gasteiger partial charge on any atom is -0.406 e. The third kappa shape index (κ3) is 4.49. The molecular weight excluding hydrogens is 331 g/mol. The molecule has 1 saturated heterocycles. The Hall–Kier alpha value is -2.00. The monoisotopic (exact) mass is 345 g/mol. The van der Waals surface area contributed by atoms with Crippen molar-refractivity contribution in [2.24, 2.45) is 0 Å². The van der Waals surface area contributed by atoms with Crippen LogP contribution in [0.1, 0.15) is 0 Å². The van der Waals surface area contributed by atoms with E-state index in [1.54, 1.807) is 21.9 Å². The molecule has 0 amide bonds. The standard InChI is InChI=1S/C14H14F3N3O2S/c15-14(16,17)21-11-1-3-12(4-2-11)22-20-7-5-19(6-8-20)13-9-23-10-18-13/h1-4,9-10H,5-8H2. The number of halogens is 3. The lowest BCUT2D eigenvalue weighted by Gasteiger charge is -2.34. The fraction of sp³-hybridized carbons (Fsp3) is 0.357. The van der Waals surface area contributed by atoms with Gasteiger partial charge in [0, 0.05) is 18.5 Å². The third-order valence-electron chi connectivity index (χ3n) is 3.27. The second-order valence-electron chi connectivity index (χ2n) is 4.87. The fourth-order valence-corrected chi connectivity index (χ4v) is 2.78. The summed E-state index contributed by atoms with van der Waals surface area (Å²) in [5.74, 6) is 1.17. The number of aromatic nitrogens is 1. The summed E-state index contributed by atoms with van der Waals surface area (Å²) in [7, 11) is 0. The molecule has 0 bridgehead atoms. The molecule has 1 aliphatic heterocycles. The Morgan fingerprint density at radius 1 is 1.00 bits per heavy atom. The molecule has 0 spiro atoms. The highest BCUT2D eigenvalue weighted by Crippen LogP contribution is 2.25. The van der Waals surface area contributed by atoms with Crippen molar-refractivity contribution in [1.29, 1.82) is 0 Å². The Bertz CT molecular complexity index is 611. The molecule has 1 aromatic heterocycles. The smallest absolute Gasteiger partial charge is 0.406 e. The lowest BCUT2D eigenvalue weighted by atomic mass is 10.3. The Balaban J connectivity index is 1.50. The molecule has 0 N–H and O–H groups in total. The Labute approximate surface area is 134 Å². The minimum atomic E-state index is -4.69. The molecule has 1 aliphatic rings. The second kappa shape index (κ2) is 6.63. The van der Waals surface area contributed by atoms with E-state index in [-0.39, 0.29) is 5.75 Å². The van der Waals surface area contributed by atoms with Crippen LogP contribution in [0.2, 0.25) is 0 Å². The number of thiazole rings is 1. The average Bonchev–Trinajstić information content (AvgIpc) is 3.03. The number of benzene rings is 1. The van der Waals surface area contributed by atoms with Gasteiger partial charge in [0.2, 0.25) is 0 Å². The Morgan fingerprint density at radius 2 is 1.65 bits per heavy atom. The summed E-state index contributed by atoms with van der Waals surface area (Å²) in [6.45, 7) is 2.91. The summed E-state index contributed by atoms with van der Waals surface area (Å²) in [5, 5.41) is 3.78. The Kier molecular flexibility index (Phi) is 4.58. The maximum atomic E-state index is 12.1. The fourth-order valence-electron chi connectivity index (χ4n) is 2.22. The molecule has 23 heavy (non-hydrogen) atoms. The molecular formula is C14H14F3N3O2S. The zero-order valence-corrected chi connectivity index (χ0v) is 12.8. The van der Waals surface area contributed by atoms with E-state index in [2.05, 4.69) is 14.6 Å². The van der Waals surface area contributed by atoms with Gasteiger partial charge in [-0.3, -0.25) is 0 Å². The maximum absolute atomic E-state index is 12.1. The van der Waals surface area contributed by atoms with Crippen LogP contribution in [0, 0.1) is 0 Å². The van der Waals surface area contributed by atoms with Gasteiger partial charge in [-0.2, -0.15) is 0 Å². The maximum Gasteiger partial charge on any atom is 0.573 e. The van der Waals surface area contributed by atoms with Crippen LogP contribution in [-0.2, 0) is 0 Å². The second-order valence-corrected chi connectivity index (χ2v) is 5.59. The van der Waals surface area contributed by atoms with E-state index in [1.807, 2.05) is 5.38 Å². The quantitative estimate of drug-likeness (QED) is 0.851. The van der Waals surface area contributed by atoms with Crippen LogP contribution >= 0.6 is 11.3 Å². The summed E-state index contributed by atoms with van der Waals surface area (Å²) < 4.78 is 40.1. The number of alkyl halides is 3. The number of rotatable bonds is 4. The number of piperazine rings is 1. The number of nitrogens with zero attached hydrogens (tertiary/aromatic N) is 3. The van der Waals surface area contributed by atoms with Gasteiger partial charge in [-0.25, -0.2) is 4.98 Å². The molecule has 9 heteroatoms. The van der Waals surface area contributed by atoms with Crippen LogP contribution < -0.4 is 14.5 Å². The molecule has 3 rings (SSSR count). The molecule has 0 unspecified atom stereocenters. The van der Waals surface area contributed by atoms with Gasteiger partial charge in [0.25, 0.3) is 0 Å².